The van der Waals surface area contributed by atoms with Gasteiger partial charge in [-0.2, -0.15) is 0 Å². The lowest BCUT2D eigenvalue weighted by atomic mass is 9.89. The van der Waals surface area contributed by atoms with Crippen molar-refractivity contribution in [3.8, 4) is 11.1 Å². The molecule has 2 aromatic rings. The first-order valence-electron chi connectivity index (χ1n) is 7.72. The van der Waals surface area contributed by atoms with Crippen LogP contribution in [0, 0.1) is 6.92 Å². The Morgan fingerprint density at radius 2 is 2.00 bits per heavy atom. The average Bonchev–Trinajstić information content (AvgIpc) is 2.56. The molecule has 7 heteroatoms. The number of benzene rings is 2. The Labute approximate surface area is 140 Å². The zero-order valence-corrected chi connectivity index (χ0v) is 13.5. The molecule has 0 fully saturated rings. The number of nitrogens with two attached hydrogens (primary N) is 4. The van der Waals surface area contributed by atoms with Crippen molar-refractivity contribution in [2.24, 2.45) is 17.2 Å². The minimum absolute atomic E-state index is 0.394. The molecule has 126 valence electrons. The van der Waals surface area contributed by atoms with E-state index >= 15 is 0 Å². The summed E-state index contributed by atoms with van der Waals surface area (Å²) in [5.41, 5.74) is 35.6. The van der Waals surface area contributed by atoms with Crippen molar-refractivity contribution in [2.45, 2.75) is 25.6 Å². The second-order valence-electron chi connectivity index (χ2n) is 6.02. The SMILES string of the molecule is Cc1cc(CN)c(N)cc1-c1cccc2c1NNC(C(N)=O)C2N. The van der Waals surface area contributed by atoms with E-state index in [1.54, 1.807) is 0 Å². The highest BCUT2D eigenvalue weighted by Gasteiger charge is 2.31. The second kappa shape index (κ2) is 6.12. The van der Waals surface area contributed by atoms with Crippen LogP contribution in [0.5, 0.6) is 0 Å². The third-order valence-corrected chi connectivity index (χ3v) is 4.47. The van der Waals surface area contributed by atoms with Gasteiger partial charge in [-0.3, -0.25) is 4.79 Å². The summed E-state index contributed by atoms with van der Waals surface area (Å²) in [4.78, 5) is 11.5. The number of hydrogen-bond acceptors (Lipinski definition) is 6. The number of hydrogen-bond donors (Lipinski definition) is 6. The van der Waals surface area contributed by atoms with Gasteiger partial charge in [-0.05, 0) is 35.2 Å². The van der Waals surface area contributed by atoms with Gasteiger partial charge in [0.05, 0.1) is 11.7 Å². The maximum absolute atomic E-state index is 11.5. The number of nitrogens with one attached hydrogen (secondary N) is 2. The molecule has 1 heterocycles. The number of anilines is 2. The van der Waals surface area contributed by atoms with Crippen molar-refractivity contribution in [3.63, 3.8) is 0 Å². The van der Waals surface area contributed by atoms with E-state index in [2.05, 4.69) is 10.9 Å². The van der Waals surface area contributed by atoms with Crippen LogP contribution in [-0.4, -0.2) is 11.9 Å². The Bertz CT molecular complexity index is 804. The number of para-hydroxylation sites is 1. The van der Waals surface area contributed by atoms with E-state index in [9.17, 15) is 4.79 Å². The van der Waals surface area contributed by atoms with Crippen LogP contribution in [0.15, 0.2) is 30.3 Å². The highest BCUT2D eigenvalue weighted by atomic mass is 16.1. The van der Waals surface area contributed by atoms with Crippen molar-refractivity contribution in [1.82, 2.24) is 5.43 Å². The minimum Gasteiger partial charge on any atom is -0.398 e. The Kier molecular flexibility index (Phi) is 4.15. The summed E-state index contributed by atoms with van der Waals surface area (Å²) < 4.78 is 0. The molecule has 0 bridgehead atoms. The van der Waals surface area contributed by atoms with Gasteiger partial charge in [0, 0.05) is 17.8 Å². The highest BCUT2D eigenvalue weighted by Crippen LogP contribution is 2.38. The fourth-order valence-corrected chi connectivity index (χ4v) is 3.13. The van der Waals surface area contributed by atoms with Crippen molar-refractivity contribution in [1.29, 1.82) is 0 Å². The topological polar surface area (TPSA) is 145 Å². The lowest BCUT2D eigenvalue weighted by Gasteiger charge is -2.32. The molecule has 0 aliphatic carbocycles. The van der Waals surface area contributed by atoms with Crippen LogP contribution in [0.2, 0.25) is 0 Å². The summed E-state index contributed by atoms with van der Waals surface area (Å²) in [6.45, 7) is 2.40. The number of primary amides is 1. The van der Waals surface area contributed by atoms with Crippen LogP contribution in [0.3, 0.4) is 0 Å². The molecule has 0 radical (unpaired) electrons. The maximum Gasteiger partial charge on any atom is 0.238 e. The lowest BCUT2D eigenvalue weighted by molar-refractivity contribution is -0.120. The summed E-state index contributed by atoms with van der Waals surface area (Å²) >= 11 is 0. The summed E-state index contributed by atoms with van der Waals surface area (Å²) in [5.74, 6) is -0.501. The number of amides is 1. The first kappa shape index (κ1) is 16.3. The normalized spacial score (nSPS) is 19.5. The number of fused-ring (bicyclic) bond motifs is 1. The predicted molar refractivity (Wildman–Crippen MR) is 95.6 cm³/mol. The Morgan fingerprint density at radius 1 is 1.25 bits per heavy atom. The van der Waals surface area contributed by atoms with Crippen LogP contribution in [0.1, 0.15) is 22.7 Å². The van der Waals surface area contributed by atoms with E-state index in [4.69, 9.17) is 22.9 Å². The predicted octanol–water partition coefficient (Wildman–Crippen LogP) is 0.487. The van der Waals surface area contributed by atoms with Gasteiger partial charge in [0.25, 0.3) is 0 Å². The first-order chi connectivity index (χ1) is 11.4. The van der Waals surface area contributed by atoms with Crippen molar-refractivity contribution < 1.29 is 4.79 Å². The van der Waals surface area contributed by atoms with E-state index in [-0.39, 0.29) is 0 Å². The number of nitrogen functional groups attached to an aromatic ring is 1. The smallest absolute Gasteiger partial charge is 0.238 e. The van der Waals surface area contributed by atoms with E-state index in [0.717, 1.165) is 33.5 Å². The van der Waals surface area contributed by atoms with Crippen LogP contribution in [-0.2, 0) is 11.3 Å². The van der Waals surface area contributed by atoms with Crippen LogP contribution >= 0.6 is 0 Å². The monoisotopic (exact) mass is 326 g/mol. The van der Waals surface area contributed by atoms with Gasteiger partial charge in [0.2, 0.25) is 5.91 Å². The number of carbonyl (C=O) groups is 1. The molecule has 0 saturated heterocycles. The molecule has 1 aliphatic heterocycles. The quantitative estimate of drug-likeness (QED) is 0.453. The van der Waals surface area contributed by atoms with Gasteiger partial charge in [-0.25, -0.2) is 5.43 Å². The molecule has 2 unspecified atom stereocenters. The number of aryl methyl sites for hydroxylation is 1. The number of carbonyl (C=O) groups excluding carboxylic acids is 1. The minimum atomic E-state index is -0.668. The molecule has 10 N–H and O–H groups in total. The van der Waals surface area contributed by atoms with Crippen LogP contribution < -0.4 is 33.8 Å². The third kappa shape index (κ3) is 2.58. The van der Waals surface area contributed by atoms with Gasteiger partial charge in [-0.15, -0.1) is 0 Å². The van der Waals surface area contributed by atoms with E-state index in [1.807, 2.05) is 37.3 Å². The standard InChI is InChI=1S/C17H22N6O/c1-8-5-9(7-18)13(19)6-12(8)10-3-2-4-11-14(20)16(17(21)24)23-22-15(10)11/h2-6,14,16,22-23H,7,18-20H2,1H3,(H2,21,24). The van der Waals surface area contributed by atoms with Gasteiger partial charge in [0.1, 0.15) is 6.04 Å². The molecule has 3 rings (SSSR count). The Morgan fingerprint density at radius 3 is 2.67 bits per heavy atom. The maximum atomic E-state index is 11.5. The molecule has 2 atom stereocenters. The summed E-state index contributed by atoms with van der Waals surface area (Å²) in [6.07, 6.45) is 0. The number of rotatable bonds is 3. The molecular weight excluding hydrogens is 304 g/mol. The highest BCUT2D eigenvalue weighted by molar-refractivity contribution is 5.88. The Balaban J connectivity index is 2.13. The summed E-state index contributed by atoms with van der Waals surface area (Å²) in [6, 6.07) is 8.49. The zero-order chi connectivity index (χ0) is 17.4. The average molecular weight is 326 g/mol. The van der Waals surface area contributed by atoms with Gasteiger partial charge in [-0.1, -0.05) is 24.3 Å². The molecular formula is C17H22N6O. The molecule has 0 spiro atoms. The third-order valence-electron chi connectivity index (χ3n) is 4.47. The molecule has 7 nitrogen and oxygen atoms in total. The molecule has 2 aromatic carbocycles. The van der Waals surface area contributed by atoms with E-state index < -0.39 is 18.0 Å². The largest absolute Gasteiger partial charge is 0.398 e. The van der Waals surface area contributed by atoms with Crippen LogP contribution in [0.4, 0.5) is 11.4 Å². The van der Waals surface area contributed by atoms with Crippen LogP contribution in [0.25, 0.3) is 11.1 Å². The summed E-state index contributed by atoms with van der Waals surface area (Å²) in [5, 5.41) is 0. The van der Waals surface area contributed by atoms with Gasteiger partial charge < -0.3 is 28.4 Å². The molecule has 1 amide bonds. The van der Waals surface area contributed by atoms with Crippen molar-refractivity contribution in [2.75, 3.05) is 11.2 Å². The Hall–Kier alpha value is -2.61. The lowest BCUT2D eigenvalue weighted by Crippen LogP contribution is -2.53. The van der Waals surface area contributed by atoms with E-state index in [1.165, 1.54) is 0 Å². The molecule has 0 saturated carbocycles. The van der Waals surface area contributed by atoms with Crippen molar-refractivity contribution >= 4 is 17.3 Å². The molecule has 0 aromatic heterocycles. The fraction of sp³-hybridized carbons (Fsp3) is 0.235. The van der Waals surface area contributed by atoms with E-state index in [0.29, 0.717) is 12.2 Å². The second-order valence-corrected chi connectivity index (χ2v) is 6.02. The fourth-order valence-electron chi connectivity index (χ4n) is 3.13. The zero-order valence-electron chi connectivity index (χ0n) is 13.5. The van der Waals surface area contributed by atoms with Gasteiger partial charge >= 0.3 is 0 Å². The molecule has 1 aliphatic rings. The van der Waals surface area contributed by atoms with Crippen molar-refractivity contribution in [3.05, 3.63) is 47.0 Å². The summed E-state index contributed by atoms with van der Waals surface area (Å²) in [7, 11) is 0. The first-order valence-corrected chi connectivity index (χ1v) is 7.72. The number of hydrazine groups is 1. The molecule has 24 heavy (non-hydrogen) atoms. The van der Waals surface area contributed by atoms with Gasteiger partial charge in [0.15, 0.2) is 0 Å².